The lowest BCUT2D eigenvalue weighted by Crippen LogP contribution is -2.43. The van der Waals surface area contributed by atoms with Crippen LogP contribution in [0.15, 0.2) is 71.5 Å². The Bertz CT molecular complexity index is 1470. The molecule has 0 aliphatic carbocycles. The van der Waals surface area contributed by atoms with Gasteiger partial charge in [0.05, 0.1) is 5.69 Å². The smallest absolute Gasteiger partial charge is 0.255 e. The molecule has 200 valence electrons. The number of halogens is 2. The summed E-state index contributed by atoms with van der Waals surface area (Å²) in [6.07, 6.45) is 3.36. The van der Waals surface area contributed by atoms with Crippen molar-refractivity contribution < 1.29 is 4.79 Å². The molecule has 0 atom stereocenters. The van der Waals surface area contributed by atoms with Gasteiger partial charge in [-0.25, -0.2) is 15.0 Å². The Hall–Kier alpha value is -3.37. The largest absolute Gasteiger partial charge is 0.324 e. The number of benzene rings is 2. The van der Waals surface area contributed by atoms with E-state index in [9.17, 15) is 4.79 Å². The Balaban J connectivity index is 1.26. The molecule has 0 radical (unpaired) electrons. The van der Waals surface area contributed by atoms with Crippen molar-refractivity contribution in [3.8, 4) is 11.3 Å². The van der Waals surface area contributed by atoms with Crippen LogP contribution in [0.1, 0.15) is 21.5 Å². The first-order valence-electron chi connectivity index (χ1n) is 12.7. The quantitative estimate of drug-likeness (QED) is 0.249. The fraction of sp³-hybridized carbons (Fsp3) is 0.241. The maximum absolute atomic E-state index is 13.1. The van der Waals surface area contributed by atoms with Gasteiger partial charge in [0.2, 0.25) is 5.95 Å². The highest BCUT2D eigenvalue weighted by molar-refractivity contribution is 9.10. The lowest BCUT2D eigenvalue weighted by molar-refractivity contribution is 0.102. The van der Waals surface area contributed by atoms with Crippen molar-refractivity contribution in [2.24, 2.45) is 0 Å². The summed E-state index contributed by atoms with van der Waals surface area (Å²) in [6, 6.07) is 16.9. The summed E-state index contributed by atoms with van der Waals surface area (Å²) in [7, 11) is 2.15. The van der Waals surface area contributed by atoms with Crippen molar-refractivity contribution in [1.29, 1.82) is 0 Å². The van der Waals surface area contributed by atoms with E-state index in [1.165, 1.54) is 5.56 Å². The number of pyridine rings is 1. The van der Waals surface area contributed by atoms with Crippen molar-refractivity contribution >= 4 is 50.8 Å². The summed E-state index contributed by atoms with van der Waals surface area (Å²) in [5.74, 6) is 0.263. The van der Waals surface area contributed by atoms with Gasteiger partial charge in [-0.05, 0) is 67.6 Å². The molecule has 4 aromatic rings. The molecule has 0 bridgehead atoms. The predicted molar refractivity (Wildman–Crippen MR) is 160 cm³/mol. The van der Waals surface area contributed by atoms with Gasteiger partial charge in [0.25, 0.3) is 5.91 Å². The molecular formula is C29H29BrClN7O. The molecule has 1 saturated heterocycles. The van der Waals surface area contributed by atoms with E-state index in [2.05, 4.69) is 58.4 Å². The standard InChI is InChI=1S/C29H29BrClN7O/c1-19-3-7-23(16-26(19)36-29-32-10-9-25(35-29)21-6-8-27(31)33-17-21)34-28(39)20-4-5-22(24(30)15-20)18-38-13-11-37(2)12-14-38/h3-10,15-17H,11-14,18H2,1-2H3,(H,34,39)(H,32,35,36). The van der Waals surface area contributed by atoms with Gasteiger partial charge in [0.15, 0.2) is 0 Å². The Morgan fingerprint density at radius 3 is 2.59 bits per heavy atom. The fourth-order valence-corrected chi connectivity index (χ4v) is 4.94. The van der Waals surface area contributed by atoms with Crippen LogP contribution in [0, 0.1) is 6.92 Å². The Kier molecular flexibility index (Phi) is 8.52. The maximum atomic E-state index is 13.1. The second kappa shape index (κ2) is 12.2. The zero-order valence-corrected chi connectivity index (χ0v) is 24.1. The topological polar surface area (TPSA) is 86.3 Å². The number of likely N-dealkylation sites (N-methyl/N-ethyl adjacent to an activating group) is 1. The van der Waals surface area contributed by atoms with Crippen LogP contribution in [0.3, 0.4) is 0 Å². The van der Waals surface area contributed by atoms with Crippen LogP contribution >= 0.6 is 27.5 Å². The molecular weight excluding hydrogens is 578 g/mol. The second-order valence-electron chi connectivity index (χ2n) is 9.63. The molecule has 1 fully saturated rings. The third-order valence-electron chi connectivity index (χ3n) is 6.73. The van der Waals surface area contributed by atoms with E-state index in [1.54, 1.807) is 18.5 Å². The number of hydrogen-bond acceptors (Lipinski definition) is 7. The first-order valence-corrected chi connectivity index (χ1v) is 13.8. The van der Waals surface area contributed by atoms with Crippen LogP contribution in [0.2, 0.25) is 5.15 Å². The number of piperazine rings is 1. The summed E-state index contributed by atoms with van der Waals surface area (Å²) < 4.78 is 0.938. The highest BCUT2D eigenvalue weighted by atomic mass is 79.9. The SMILES string of the molecule is Cc1ccc(NC(=O)c2ccc(CN3CCN(C)CC3)c(Br)c2)cc1Nc1nccc(-c2ccc(Cl)nc2)n1. The fourth-order valence-electron chi connectivity index (χ4n) is 4.33. The number of aromatic nitrogens is 3. The van der Waals surface area contributed by atoms with Gasteiger partial charge >= 0.3 is 0 Å². The van der Waals surface area contributed by atoms with Crippen LogP contribution in [0.4, 0.5) is 17.3 Å². The molecule has 10 heteroatoms. The van der Waals surface area contributed by atoms with E-state index in [0.717, 1.165) is 59.7 Å². The normalized spacial score (nSPS) is 14.3. The average molecular weight is 607 g/mol. The molecule has 0 spiro atoms. The van der Waals surface area contributed by atoms with E-state index >= 15 is 0 Å². The number of amides is 1. The number of nitrogens with one attached hydrogen (secondary N) is 2. The van der Waals surface area contributed by atoms with Crippen LogP contribution in [-0.2, 0) is 6.54 Å². The maximum Gasteiger partial charge on any atom is 0.255 e. The van der Waals surface area contributed by atoms with Crippen molar-refractivity contribution in [1.82, 2.24) is 24.8 Å². The van der Waals surface area contributed by atoms with Crippen LogP contribution < -0.4 is 10.6 Å². The van der Waals surface area contributed by atoms with Crippen molar-refractivity contribution in [2.75, 3.05) is 43.9 Å². The molecule has 0 unspecified atom stereocenters. The number of carbonyl (C=O) groups is 1. The zero-order chi connectivity index (χ0) is 27.4. The van der Waals surface area contributed by atoms with Crippen molar-refractivity contribution in [3.05, 3.63) is 93.3 Å². The number of rotatable bonds is 7. The summed E-state index contributed by atoms with van der Waals surface area (Å²) in [5.41, 5.74) is 5.78. The van der Waals surface area contributed by atoms with Crippen molar-refractivity contribution in [2.45, 2.75) is 13.5 Å². The number of hydrogen-bond donors (Lipinski definition) is 2. The van der Waals surface area contributed by atoms with Gasteiger partial charge in [-0.1, -0.05) is 39.7 Å². The average Bonchev–Trinajstić information content (AvgIpc) is 2.93. The highest BCUT2D eigenvalue weighted by Gasteiger charge is 2.16. The van der Waals surface area contributed by atoms with Gasteiger partial charge in [0.1, 0.15) is 5.15 Å². The van der Waals surface area contributed by atoms with E-state index in [4.69, 9.17) is 11.6 Å². The number of anilines is 3. The molecule has 39 heavy (non-hydrogen) atoms. The summed E-state index contributed by atoms with van der Waals surface area (Å²) in [5, 5.41) is 6.71. The van der Waals surface area contributed by atoms with E-state index in [-0.39, 0.29) is 5.91 Å². The molecule has 5 rings (SSSR count). The lowest BCUT2D eigenvalue weighted by Gasteiger charge is -2.32. The molecule has 3 heterocycles. The molecule has 1 aliphatic rings. The first-order chi connectivity index (χ1) is 18.8. The Morgan fingerprint density at radius 2 is 1.85 bits per heavy atom. The van der Waals surface area contributed by atoms with Gasteiger partial charge in [-0.2, -0.15) is 0 Å². The molecule has 2 aromatic heterocycles. The van der Waals surface area contributed by atoms with Crippen molar-refractivity contribution in [3.63, 3.8) is 0 Å². The predicted octanol–water partition coefficient (Wildman–Crippen LogP) is 6.01. The summed E-state index contributed by atoms with van der Waals surface area (Å²) in [4.78, 5) is 30.9. The van der Waals surface area contributed by atoms with Gasteiger partial charge in [0, 0.05) is 72.1 Å². The molecule has 8 nitrogen and oxygen atoms in total. The second-order valence-corrected chi connectivity index (χ2v) is 10.9. The van der Waals surface area contributed by atoms with Gasteiger partial charge < -0.3 is 15.5 Å². The van der Waals surface area contributed by atoms with E-state index in [0.29, 0.717) is 22.4 Å². The van der Waals surface area contributed by atoms with Gasteiger partial charge in [-0.3, -0.25) is 9.69 Å². The van der Waals surface area contributed by atoms with Crippen LogP contribution in [0.25, 0.3) is 11.3 Å². The molecule has 0 saturated carbocycles. The first kappa shape index (κ1) is 27.2. The monoisotopic (exact) mass is 605 g/mol. The van der Waals surface area contributed by atoms with E-state index in [1.807, 2.05) is 55.5 Å². The summed E-state index contributed by atoms with van der Waals surface area (Å²) >= 11 is 9.58. The zero-order valence-electron chi connectivity index (χ0n) is 21.8. The Labute approximate surface area is 241 Å². The summed E-state index contributed by atoms with van der Waals surface area (Å²) in [6.45, 7) is 7.08. The minimum atomic E-state index is -0.176. The molecule has 2 N–H and O–H groups in total. The third-order valence-corrected chi connectivity index (χ3v) is 7.69. The number of carbonyl (C=O) groups excluding carboxylic acids is 1. The van der Waals surface area contributed by atoms with Crippen LogP contribution in [0.5, 0.6) is 0 Å². The number of nitrogens with zero attached hydrogens (tertiary/aromatic N) is 5. The third kappa shape index (κ3) is 6.99. The van der Waals surface area contributed by atoms with E-state index < -0.39 is 0 Å². The Morgan fingerprint density at radius 1 is 1.03 bits per heavy atom. The minimum absolute atomic E-state index is 0.176. The van der Waals surface area contributed by atoms with Crippen LogP contribution in [-0.4, -0.2) is 63.9 Å². The molecule has 1 amide bonds. The lowest BCUT2D eigenvalue weighted by atomic mass is 10.1. The minimum Gasteiger partial charge on any atom is -0.324 e. The molecule has 2 aromatic carbocycles. The highest BCUT2D eigenvalue weighted by Crippen LogP contribution is 2.26. The molecule has 1 aliphatic heterocycles. The number of aryl methyl sites for hydroxylation is 1. The van der Waals surface area contributed by atoms with Gasteiger partial charge in [-0.15, -0.1) is 0 Å².